The smallest absolute Gasteiger partial charge is 0.256 e. The summed E-state index contributed by atoms with van der Waals surface area (Å²) >= 11 is 0. The average molecular weight is 409 g/mol. The van der Waals surface area contributed by atoms with Gasteiger partial charge in [-0.25, -0.2) is 4.68 Å². The quantitative estimate of drug-likeness (QED) is 0.579. The van der Waals surface area contributed by atoms with Gasteiger partial charge >= 0.3 is 0 Å². The van der Waals surface area contributed by atoms with Gasteiger partial charge in [0, 0.05) is 36.5 Å². The van der Waals surface area contributed by atoms with Crippen molar-refractivity contribution >= 4 is 17.4 Å². The minimum atomic E-state index is -0.181. The Morgan fingerprint density at radius 3 is 2.53 bits per heavy atom. The second kappa shape index (κ2) is 9.82. The molecule has 0 radical (unpaired) electrons. The number of amides is 1. The van der Waals surface area contributed by atoms with Crippen molar-refractivity contribution in [3.05, 3.63) is 65.9 Å². The normalized spacial score (nSPS) is 10.5. The van der Waals surface area contributed by atoms with E-state index in [0.717, 1.165) is 24.2 Å². The lowest BCUT2D eigenvalue weighted by Gasteiger charge is -2.18. The number of nitrogens with one attached hydrogen (secondary N) is 1. The summed E-state index contributed by atoms with van der Waals surface area (Å²) in [5.41, 5.74) is 2.58. The molecule has 0 aliphatic rings. The minimum absolute atomic E-state index is 0.181. The lowest BCUT2D eigenvalue weighted by Crippen LogP contribution is -2.19. The molecule has 30 heavy (non-hydrogen) atoms. The van der Waals surface area contributed by atoms with E-state index in [1.807, 2.05) is 49.5 Å². The van der Waals surface area contributed by atoms with Crippen LogP contribution in [0.1, 0.15) is 29.3 Å². The molecule has 1 aromatic heterocycles. The zero-order chi connectivity index (χ0) is 21.5. The van der Waals surface area contributed by atoms with Crippen LogP contribution in [0.15, 0.2) is 54.7 Å². The molecule has 1 amide bonds. The van der Waals surface area contributed by atoms with Crippen LogP contribution in [0.4, 0.5) is 11.5 Å². The van der Waals surface area contributed by atoms with E-state index in [1.165, 1.54) is 0 Å². The maximum atomic E-state index is 12.7. The summed E-state index contributed by atoms with van der Waals surface area (Å²) in [6.07, 6.45) is 2.73. The molecule has 0 unspecified atom stereocenters. The van der Waals surface area contributed by atoms with Crippen molar-refractivity contribution in [1.82, 2.24) is 9.78 Å². The van der Waals surface area contributed by atoms with Gasteiger partial charge in [0.05, 0.1) is 27.0 Å². The summed E-state index contributed by atoms with van der Waals surface area (Å²) in [7, 11) is 5.26. The predicted molar refractivity (Wildman–Crippen MR) is 119 cm³/mol. The number of hydrogen-bond acceptors (Lipinski definition) is 5. The lowest BCUT2D eigenvalue weighted by molar-refractivity contribution is 0.102. The van der Waals surface area contributed by atoms with Crippen LogP contribution >= 0.6 is 0 Å². The third-order valence-electron chi connectivity index (χ3n) is 4.89. The van der Waals surface area contributed by atoms with Crippen molar-refractivity contribution in [2.45, 2.75) is 19.9 Å². The maximum Gasteiger partial charge on any atom is 0.256 e. The molecular formula is C23H28N4O3. The maximum absolute atomic E-state index is 12.7. The number of aromatic nitrogens is 2. The van der Waals surface area contributed by atoms with Gasteiger partial charge in [0.15, 0.2) is 11.5 Å². The monoisotopic (exact) mass is 408 g/mol. The summed E-state index contributed by atoms with van der Waals surface area (Å²) in [5.74, 6) is 1.73. The van der Waals surface area contributed by atoms with Gasteiger partial charge < -0.3 is 19.7 Å². The first-order chi connectivity index (χ1) is 14.6. The van der Waals surface area contributed by atoms with Crippen molar-refractivity contribution in [2.75, 3.05) is 38.0 Å². The Morgan fingerprint density at radius 2 is 1.87 bits per heavy atom. The van der Waals surface area contributed by atoms with E-state index in [4.69, 9.17) is 9.47 Å². The zero-order valence-electron chi connectivity index (χ0n) is 17.9. The highest BCUT2D eigenvalue weighted by Crippen LogP contribution is 2.31. The third kappa shape index (κ3) is 4.74. The van der Waals surface area contributed by atoms with Crippen LogP contribution in [0.2, 0.25) is 0 Å². The number of para-hydroxylation sites is 1. The largest absolute Gasteiger partial charge is 0.493 e. The van der Waals surface area contributed by atoms with E-state index in [9.17, 15) is 4.79 Å². The summed E-state index contributed by atoms with van der Waals surface area (Å²) in [4.78, 5) is 14.9. The lowest BCUT2D eigenvalue weighted by atomic mass is 10.1. The van der Waals surface area contributed by atoms with E-state index in [2.05, 4.69) is 22.2 Å². The second-order valence-electron chi connectivity index (χ2n) is 6.95. The van der Waals surface area contributed by atoms with Crippen LogP contribution < -0.4 is 19.7 Å². The van der Waals surface area contributed by atoms with Crippen LogP contribution in [0, 0.1) is 0 Å². The number of hydrogen-bond donors (Lipinski definition) is 1. The Balaban J connectivity index is 1.74. The Hall–Kier alpha value is -3.48. The van der Waals surface area contributed by atoms with Gasteiger partial charge in [-0.3, -0.25) is 4.79 Å². The second-order valence-corrected chi connectivity index (χ2v) is 6.95. The molecule has 0 spiro atoms. The molecule has 0 aliphatic heterocycles. The van der Waals surface area contributed by atoms with Crippen LogP contribution in [-0.2, 0) is 6.54 Å². The van der Waals surface area contributed by atoms with Gasteiger partial charge in [0.2, 0.25) is 0 Å². The van der Waals surface area contributed by atoms with Gasteiger partial charge in [-0.1, -0.05) is 19.1 Å². The van der Waals surface area contributed by atoms with Crippen molar-refractivity contribution in [2.24, 2.45) is 0 Å². The van der Waals surface area contributed by atoms with E-state index < -0.39 is 0 Å². The number of ether oxygens (including phenoxy) is 2. The molecule has 7 nitrogen and oxygen atoms in total. The van der Waals surface area contributed by atoms with Crippen LogP contribution in [0.3, 0.4) is 0 Å². The van der Waals surface area contributed by atoms with Crippen molar-refractivity contribution in [3.8, 4) is 11.5 Å². The molecule has 3 rings (SSSR count). The van der Waals surface area contributed by atoms with E-state index in [-0.39, 0.29) is 5.91 Å². The molecule has 0 aliphatic carbocycles. The molecule has 0 fully saturated rings. The van der Waals surface area contributed by atoms with Gasteiger partial charge in [-0.2, -0.15) is 5.10 Å². The molecule has 7 heteroatoms. The van der Waals surface area contributed by atoms with Crippen LogP contribution in [0.5, 0.6) is 11.5 Å². The Kier molecular flexibility index (Phi) is 6.95. The van der Waals surface area contributed by atoms with Crippen molar-refractivity contribution in [1.29, 1.82) is 0 Å². The van der Waals surface area contributed by atoms with Crippen molar-refractivity contribution in [3.63, 3.8) is 0 Å². The Labute approximate surface area is 177 Å². The molecular weight excluding hydrogens is 380 g/mol. The molecule has 3 aromatic rings. The molecule has 0 saturated heterocycles. The van der Waals surface area contributed by atoms with Gasteiger partial charge in [0.25, 0.3) is 5.91 Å². The number of carbonyl (C=O) groups excluding carboxylic acids is 1. The summed E-state index contributed by atoms with van der Waals surface area (Å²) < 4.78 is 12.6. The van der Waals surface area contributed by atoms with Crippen LogP contribution in [-0.4, -0.2) is 43.5 Å². The first kappa shape index (κ1) is 21.2. The predicted octanol–water partition coefficient (Wildman–Crippen LogP) is 4.05. The standard InChI is InChI=1S/C23H28N4O3/c1-5-15-26(2)19-11-9-17(10-12-19)23(28)25-21-13-14-24-27(21)16-18-7-6-8-20(29-3)22(18)30-4/h6-14H,5,15-16H2,1-4H3,(H,25,28). The first-order valence-electron chi connectivity index (χ1n) is 9.91. The zero-order valence-corrected chi connectivity index (χ0v) is 17.9. The number of benzene rings is 2. The Morgan fingerprint density at radius 1 is 1.10 bits per heavy atom. The van der Waals surface area contributed by atoms with Gasteiger partial charge in [0.1, 0.15) is 5.82 Å². The fraction of sp³-hybridized carbons (Fsp3) is 0.304. The number of anilines is 2. The molecule has 0 atom stereocenters. The van der Waals surface area contributed by atoms with Crippen LogP contribution in [0.25, 0.3) is 0 Å². The third-order valence-corrected chi connectivity index (χ3v) is 4.89. The highest BCUT2D eigenvalue weighted by atomic mass is 16.5. The first-order valence-corrected chi connectivity index (χ1v) is 9.91. The molecule has 1 heterocycles. The highest BCUT2D eigenvalue weighted by molar-refractivity contribution is 6.04. The topological polar surface area (TPSA) is 68.6 Å². The summed E-state index contributed by atoms with van der Waals surface area (Å²) in [6, 6.07) is 15.1. The SMILES string of the molecule is CCCN(C)c1ccc(C(=O)Nc2ccnn2Cc2cccc(OC)c2OC)cc1. The fourth-order valence-electron chi connectivity index (χ4n) is 3.32. The van der Waals surface area contributed by atoms with Gasteiger partial charge in [-0.05, 0) is 36.8 Å². The number of rotatable bonds is 9. The molecule has 2 aromatic carbocycles. The van der Waals surface area contributed by atoms with E-state index in [0.29, 0.717) is 29.4 Å². The molecule has 1 N–H and O–H groups in total. The van der Waals surface area contributed by atoms with E-state index in [1.54, 1.807) is 31.2 Å². The molecule has 0 saturated carbocycles. The molecule has 158 valence electrons. The summed E-state index contributed by atoms with van der Waals surface area (Å²) in [5, 5.41) is 7.29. The minimum Gasteiger partial charge on any atom is -0.493 e. The Bertz CT molecular complexity index is 982. The van der Waals surface area contributed by atoms with E-state index >= 15 is 0 Å². The number of nitrogens with zero attached hydrogens (tertiary/aromatic N) is 3. The number of methoxy groups -OCH3 is 2. The van der Waals surface area contributed by atoms with Gasteiger partial charge in [-0.15, -0.1) is 0 Å². The highest BCUT2D eigenvalue weighted by Gasteiger charge is 2.14. The number of carbonyl (C=O) groups is 1. The summed E-state index contributed by atoms with van der Waals surface area (Å²) in [6.45, 7) is 3.55. The fourth-order valence-corrected chi connectivity index (χ4v) is 3.32. The average Bonchev–Trinajstić information content (AvgIpc) is 3.20. The van der Waals surface area contributed by atoms with Crippen molar-refractivity contribution < 1.29 is 14.3 Å². The molecule has 0 bridgehead atoms.